The molecule has 3 rings (SSSR count). The van der Waals surface area contributed by atoms with Crippen LogP contribution >= 0.6 is 0 Å². The summed E-state index contributed by atoms with van der Waals surface area (Å²) in [6.45, 7) is 3.49. The highest BCUT2D eigenvalue weighted by molar-refractivity contribution is 5.88. The first-order valence-electron chi connectivity index (χ1n) is 10.5. The van der Waals surface area contributed by atoms with E-state index in [0.717, 1.165) is 49.0 Å². The van der Waals surface area contributed by atoms with Crippen molar-refractivity contribution in [1.29, 1.82) is 0 Å². The van der Waals surface area contributed by atoms with Gasteiger partial charge in [-0.2, -0.15) is 0 Å². The summed E-state index contributed by atoms with van der Waals surface area (Å²) in [7, 11) is 0. The van der Waals surface area contributed by atoms with Crippen molar-refractivity contribution in [3.63, 3.8) is 0 Å². The Bertz CT molecular complexity index is 858. The number of carboxylic acids is 1. The molecule has 3 N–H and O–H groups in total. The first-order valence-corrected chi connectivity index (χ1v) is 10.5. The Hall–Kier alpha value is -2.86. The lowest BCUT2D eigenvalue weighted by Gasteiger charge is -2.37. The highest BCUT2D eigenvalue weighted by atomic mass is 16.5. The van der Waals surface area contributed by atoms with E-state index >= 15 is 0 Å². The van der Waals surface area contributed by atoms with Crippen LogP contribution < -0.4 is 15.4 Å². The average molecular weight is 411 g/mol. The molecule has 0 aromatic heterocycles. The predicted molar refractivity (Wildman–Crippen MR) is 116 cm³/mol. The van der Waals surface area contributed by atoms with E-state index in [4.69, 9.17) is 9.84 Å². The zero-order valence-corrected chi connectivity index (χ0v) is 17.4. The zero-order chi connectivity index (χ0) is 21.4. The van der Waals surface area contributed by atoms with Crippen LogP contribution in [0.5, 0.6) is 5.75 Å². The Labute approximate surface area is 177 Å². The van der Waals surface area contributed by atoms with E-state index < -0.39 is 11.5 Å². The molecule has 1 aliphatic carbocycles. The number of hydrogen-bond acceptors (Lipinski definition) is 4. The molecular formula is C24H30N2O4. The van der Waals surface area contributed by atoms with Gasteiger partial charge in [-0.15, -0.1) is 0 Å². The first-order chi connectivity index (χ1) is 14.5. The van der Waals surface area contributed by atoms with Gasteiger partial charge in [0.2, 0.25) is 5.91 Å². The van der Waals surface area contributed by atoms with Gasteiger partial charge in [0.25, 0.3) is 0 Å². The second kappa shape index (κ2) is 10.3. The summed E-state index contributed by atoms with van der Waals surface area (Å²) >= 11 is 0. The van der Waals surface area contributed by atoms with Crippen LogP contribution in [0.25, 0.3) is 0 Å². The normalized spacial score (nSPS) is 15.4. The highest BCUT2D eigenvalue weighted by Gasteiger charge is 2.38. The fourth-order valence-electron chi connectivity index (χ4n) is 3.92. The maximum absolute atomic E-state index is 13.1. The molecule has 2 aromatic carbocycles. The van der Waals surface area contributed by atoms with E-state index in [-0.39, 0.29) is 11.5 Å². The van der Waals surface area contributed by atoms with Crippen molar-refractivity contribution in [2.24, 2.45) is 0 Å². The van der Waals surface area contributed by atoms with Crippen molar-refractivity contribution in [3.8, 4) is 5.75 Å². The molecule has 0 radical (unpaired) electrons. The number of benzene rings is 2. The van der Waals surface area contributed by atoms with Crippen LogP contribution in [0.15, 0.2) is 48.5 Å². The second-order valence-electron chi connectivity index (χ2n) is 7.92. The van der Waals surface area contributed by atoms with E-state index in [1.165, 1.54) is 0 Å². The molecule has 1 aliphatic rings. The highest BCUT2D eigenvalue weighted by Crippen LogP contribution is 2.28. The molecule has 0 aliphatic heterocycles. The fourth-order valence-corrected chi connectivity index (χ4v) is 3.92. The molecule has 0 unspecified atom stereocenters. The lowest BCUT2D eigenvalue weighted by atomic mass is 9.80. The molecule has 1 amide bonds. The minimum Gasteiger partial charge on any atom is -0.492 e. The van der Waals surface area contributed by atoms with Gasteiger partial charge in [-0.1, -0.05) is 43.5 Å². The Kier molecular flexibility index (Phi) is 7.46. The number of aromatic carboxylic acids is 1. The van der Waals surface area contributed by atoms with Crippen molar-refractivity contribution >= 4 is 11.9 Å². The minimum absolute atomic E-state index is 0.0000617. The van der Waals surface area contributed by atoms with E-state index in [1.54, 1.807) is 24.3 Å². The van der Waals surface area contributed by atoms with Crippen LogP contribution in [0, 0.1) is 6.92 Å². The lowest BCUT2D eigenvalue weighted by Crippen LogP contribution is -2.58. The molecule has 0 saturated heterocycles. The summed E-state index contributed by atoms with van der Waals surface area (Å²) in [5, 5.41) is 15.5. The number of carbonyl (C=O) groups excluding carboxylic acids is 1. The number of nitrogens with one attached hydrogen (secondary N) is 2. The second-order valence-corrected chi connectivity index (χ2v) is 7.92. The van der Waals surface area contributed by atoms with Crippen molar-refractivity contribution < 1.29 is 19.4 Å². The molecule has 0 spiro atoms. The van der Waals surface area contributed by atoms with Crippen LogP contribution in [-0.2, 0) is 11.3 Å². The molecule has 30 heavy (non-hydrogen) atoms. The number of ether oxygens (including phenoxy) is 1. The number of carboxylic acid groups (broad SMARTS) is 1. The first kappa shape index (κ1) is 21.8. The van der Waals surface area contributed by atoms with Crippen LogP contribution in [0.2, 0.25) is 0 Å². The van der Waals surface area contributed by atoms with Gasteiger partial charge in [0.15, 0.2) is 0 Å². The Balaban J connectivity index is 1.54. The van der Waals surface area contributed by atoms with Crippen LogP contribution in [-0.4, -0.2) is 35.7 Å². The van der Waals surface area contributed by atoms with E-state index in [1.807, 2.05) is 31.2 Å². The standard InChI is InChI=1S/C24H30N2O4/c1-18-6-5-7-21(16-18)30-15-14-26-24(12-3-2-4-13-24)23(29)25-17-19-8-10-20(11-9-19)22(27)28/h5-11,16,26H,2-4,12-15,17H2,1H3,(H,25,29)(H,27,28). The summed E-state index contributed by atoms with van der Waals surface area (Å²) in [6, 6.07) is 14.5. The summed E-state index contributed by atoms with van der Waals surface area (Å²) in [4.78, 5) is 24.0. The maximum atomic E-state index is 13.1. The number of rotatable bonds is 9. The van der Waals surface area contributed by atoms with Crippen molar-refractivity contribution in [2.45, 2.75) is 51.1 Å². The molecule has 1 fully saturated rings. The van der Waals surface area contributed by atoms with Gasteiger partial charge in [0.05, 0.1) is 11.1 Å². The molecule has 6 heteroatoms. The van der Waals surface area contributed by atoms with Gasteiger partial charge in [-0.3, -0.25) is 10.1 Å². The smallest absolute Gasteiger partial charge is 0.335 e. The molecule has 0 heterocycles. The molecular weight excluding hydrogens is 380 g/mol. The largest absolute Gasteiger partial charge is 0.492 e. The Morgan fingerprint density at radius 1 is 1.07 bits per heavy atom. The van der Waals surface area contributed by atoms with Gasteiger partial charge in [0, 0.05) is 13.1 Å². The molecule has 0 bridgehead atoms. The number of carbonyl (C=O) groups is 2. The van der Waals surface area contributed by atoms with Gasteiger partial charge in [-0.25, -0.2) is 4.79 Å². The maximum Gasteiger partial charge on any atom is 0.335 e. The van der Waals surface area contributed by atoms with Crippen LogP contribution in [0.3, 0.4) is 0 Å². The minimum atomic E-state index is -0.955. The SMILES string of the molecule is Cc1cccc(OCCNC2(C(=O)NCc3ccc(C(=O)O)cc3)CCCCC2)c1. The summed E-state index contributed by atoms with van der Waals surface area (Å²) < 4.78 is 5.82. The zero-order valence-electron chi connectivity index (χ0n) is 17.4. The van der Waals surface area contributed by atoms with Crippen molar-refractivity contribution in [1.82, 2.24) is 10.6 Å². The van der Waals surface area contributed by atoms with E-state index in [2.05, 4.69) is 10.6 Å². The lowest BCUT2D eigenvalue weighted by molar-refractivity contribution is -0.129. The average Bonchev–Trinajstić information content (AvgIpc) is 2.76. The molecule has 1 saturated carbocycles. The summed E-state index contributed by atoms with van der Waals surface area (Å²) in [6.07, 6.45) is 4.80. The van der Waals surface area contributed by atoms with Crippen LogP contribution in [0.1, 0.15) is 53.6 Å². The summed E-state index contributed by atoms with van der Waals surface area (Å²) in [5.74, 6) is -0.118. The van der Waals surface area contributed by atoms with Crippen LogP contribution in [0.4, 0.5) is 0 Å². The van der Waals surface area contributed by atoms with Gasteiger partial charge >= 0.3 is 5.97 Å². The molecule has 6 nitrogen and oxygen atoms in total. The third-order valence-electron chi connectivity index (χ3n) is 5.62. The van der Waals surface area contributed by atoms with Gasteiger partial charge in [-0.05, 0) is 55.2 Å². The molecule has 160 valence electrons. The van der Waals surface area contributed by atoms with Gasteiger partial charge in [0.1, 0.15) is 12.4 Å². The van der Waals surface area contributed by atoms with Crippen molar-refractivity contribution in [3.05, 3.63) is 65.2 Å². The Morgan fingerprint density at radius 2 is 1.80 bits per heavy atom. The van der Waals surface area contributed by atoms with E-state index in [0.29, 0.717) is 19.7 Å². The molecule has 0 atom stereocenters. The molecule has 2 aromatic rings. The predicted octanol–water partition coefficient (Wildman–Crippen LogP) is 3.68. The quantitative estimate of drug-likeness (QED) is 0.549. The fraction of sp³-hybridized carbons (Fsp3) is 0.417. The number of hydrogen-bond donors (Lipinski definition) is 3. The third-order valence-corrected chi connectivity index (χ3v) is 5.62. The Morgan fingerprint density at radius 3 is 2.47 bits per heavy atom. The van der Waals surface area contributed by atoms with Crippen molar-refractivity contribution in [2.75, 3.05) is 13.2 Å². The van der Waals surface area contributed by atoms with Gasteiger partial charge < -0.3 is 15.2 Å². The number of amides is 1. The third kappa shape index (κ3) is 5.83. The number of aryl methyl sites for hydroxylation is 1. The monoisotopic (exact) mass is 410 g/mol. The topological polar surface area (TPSA) is 87.7 Å². The van der Waals surface area contributed by atoms with E-state index in [9.17, 15) is 9.59 Å². The summed E-state index contributed by atoms with van der Waals surface area (Å²) in [5.41, 5.74) is 1.70.